The number of ether oxygens (including phenoxy) is 1. The minimum atomic E-state index is -0.650. The lowest BCUT2D eigenvalue weighted by molar-refractivity contribution is -0.132. The topological polar surface area (TPSA) is 72.6 Å². The van der Waals surface area contributed by atoms with E-state index in [-0.39, 0.29) is 23.8 Å². The Hall–Kier alpha value is -2.79. The van der Waals surface area contributed by atoms with Crippen molar-refractivity contribution in [2.75, 3.05) is 19.7 Å². The minimum absolute atomic E-state index is 0.140. The van der Waals surface area contributed by atoms with E-state index in [0.29, 0.717) is 18.1 Å². The van der Waals surface area contributed by atoms with Crippen molar-refractivity contribution in [2.24, 2.45) is 5.73 Å². The van der Waals surface area contributed by atoms with Crippen LogP contribution in [-0.4, -0.2) is 36.4 Å². The number of hydrogen-bond donors (Lipinski definition) is 1. The van der Waals surface area contributed by atoms with E-state index in [1.165, 1.54) is 17.2 Å². The Morgan fingerprint density at radius 2 is 1.92 bits per heavy atom. The smallest absolute Gasteiger partial charge is 0.260 e. The van der Waals surface area contributed by atoms with Crippen LogP contribution in [0.1, 0.15) is 22.3 Å². The predicted octanol–water partition coefficient (Wildman–Crippen LogP) is 3.13. The quantitative estimate of drug-likeness (QED) is 0.878. The van der Waals surface area contributed by atoms with Crippen molar-refractivity contribution in [2.45, 2.75) is 6.42 Å². The predicted molar refractivity (Wildman–Crippen MR) is 101 cm³/mol. The van der Waals surface area contributed by atoms with Gasteiger partial charge in [0.15, 0.2) is 6.61 Å². The summed E-state index contributed by atoms with van der Waals surface area (Å²) in [7, 11) is 0. The lowest BCUT2D eigenvalue weighted by Gasteiger charge is -2.26. The van der Waals surface area contributed by atoms with Gasteiger partial charge in [-0.15, -0.1) is 0 Å². The van der Waals surface area contributed by atoms with Gasteiger partial charge < -0.3 is 15.4 Å². The molecule has 0 saturated carbocycles. The highest BCUT2D eigenvalue weighted by atomic mass is 35.5. The Labute approximate surface area is 157 Å². The average Bonchev–Trinajstić information content (AvgIpc) is 2.67. The second kappa shape index (κ2) is 8.06. The number of nitrogens with zero attached hydrogens (tertiary/aromatic N) is 1. The van der Waals surface area contributed by atoms with Gasteiger partial charge in [-0.25, -0.2) is 0 Å². The van der Waals surface area contributed by atoms with Crippen molar-refractivity contribution in [3.8, 4) is 5.75 Å². The molecule has 0 saturated heterocycles. The van der Waals surface area contributed by atoms with Crippen LogP contribution in [0.15, 0.2) is 54.6 Å². The Kier molecular flexibility index (Phi) is 5.58. The van der Waals surface area contributed by atoms with Crippen LogP contribution in [0.4, 0.5) is 0 Å². The summed E-state index contributed by atoms with van der Waals surface area (Å²) >= 11 is 5.86. The first kappa shape index (κ1) is 18.0. The minimum Gasteiger partial charge on any atom is -0.483 e. The van der Waals surface area contributed by atoms with Crippen LogP contribution in [0, 0.1) is 0 Å². The van der Waals surface area contributed by atoms with Gasteiger partial charge in [0.1, 0.15) is 5.75 Å². The molecule has 0 spiro atoms. The number of amides is 2. The SMILES string of the molecule is NC(=O)c1cc(Cl)ccc1OCC(=O)N1CC=C(c2ccccc2)CC1. The number of carbonyl (C=O) groups excluding carboxylic acids is 2. The van der Waals surface area contributed by atoms with Crippen molar-refractivity contribution in [1.82, 2.24) is 4.90 Å². The van der Waals surface area contributed by atoms with Gasteiger partial charge in [-0.1, -0.05) is 48.0 Å². The van der Waals surface area contributed by atoms with Crippen LogP contribution in [0.25, 0.3) is 5.57 Å². The first-order chi connectivity index (χ1) is 12.5. The summed E-state index contributed by atoms with van der Waals surface area (Å²) in [5.74, 6) is -0.533. The van der Waals surface area contributed by atoms with Crippen LogP contribution >= 0.6 is 11.6 Å². The number of carbonyl (C=O) groups is 2. The standard InChI is InChI=1S/C20H19ClN2O3/c21-16-6-7-18(17(12-16)20(22)25)26-13-19(24)23-10-8-15(9-11-23)14-4-2-1-3-5-14/h1-8,12H,9-11,13H2,(H2,22,25). The Bertz CT molecular complexity index is 849. The normalized spacial score (nSPS) is 13.9. The lowest BCUT2D eigenvalue weighted by atomic mass is 10.00. The molecular weight excluding hydrogens is 352 g/mol. The van der Waals surface area contributed by atoms with Crippen molar-refractivity contribution in [3.05, 3.63) is 70.8 Å². The zero-order chi connectivity index (χ0) is 18.5. The molecule has 2 aromatic rings. The Balaban J connectivity index is 1.60. The molecule has 0 aromatic heterocycles. The van der Waals surface area contributed by atoms with Crippen molar-refractivity contribution in [3.63, 3.8) is 0 Å². The van der Waals surface area contributed by atoms with Gasteiger partial charge >= 0.3 is 0 Å². The zero-order valence-corrected chi connectivity index (χ0v) is 14.9. The fraction of sp³-hybridized carbons (Fsp3) is 0.200. The van der Waals surface area contributed by atoms with Crippen molar-refractivity contribution in [1.29, 1.82) is 0 Å². The molecule has 2 aromatic carbocycles. The molecule has 0 aliphatic carbocycles. The monoisotopic (exact) mass is 370 g/mol. The Morgan fingerprint density at radius 1 is 1.15 bits per heavy atom. The van der Waals surface area contributed by atoms with Crippen molar-refractivity contribution < 1.29 is 14.3 Å². The van der Waals surface area contributed by atoms with Gasteiger partial charge in [0, 0.05) is 18.1 Å². The van der Waals surface area contributed by atoms with E-state index in [1.54, 1.807) is 17.0 Å². The summed E-state index contributed by atoms with van der Waals surface area (Å²) in [6, 6.07) is 14.7. The summed E-state index contributed by atoms with van der Waals surface area (Å²) in [5, 5.41) is 0.382. The maximum absolute atomic E-state index is 12.4. The number of benzene rings is 2. The van der Waals surface area contributed by atoms with E-state index in [4.69, 9.17) is 22.1 Å². The number of halogens is 1. The molecule has 0 fully saturated rings. The van der Waals surface area contributed by atoms with Crippen LogP contribution < -0.4 is 10.5 Å². The van der Waals surface area contributed by atoms with Gasteiger partial charge in [0.05, 0.1) is 5.56 Å². The first-order valence-corrected chi connectivity index (χ1v) is 8.67. The van der Waals surface area contributed by atoms with Crippen LogP contribution in [0.3, 0.4) is 0 Å². The number of hydrogen-bond acceptors (Lipinski definition) is 3. The van der Waals surface area contributed by atoms with Gasteiger partial charge in [-0.2, -0.15) is 0 Å². The molecule has 0 radical (unpaired) electrons. The fourth-order valence-corrected chi connectivity index (χ4v) is 3.03. The highest BCUT2D eigenvalue weighted by Gasteiger charge is 2.19. The molecule has 0 bridgehead atoms. The second-order valence-electron chi connectivity index (χ2n) is 5.98. The largest absolute Gasteiger partial charge is 0.483 e. The summed E-state index contributed by atoms with van der Waals surface area (Å²) < 4.78 is 5.51. The molecule has 6 heteroatoms. The molecule has 1 aliphatic heterocycles. The second-order valence-corrected chi connectivity index (χ2v) is 6.41. The summed E-state index contributed by atoms with van der Waals surface area (Å²) in [6.45, 7) is 1.01. The van der Waals surface area contributed by atoms with E-state index < -0.39 is 5.91 Å². The molecule has 1 aliphatic rings. The van der Waals surface area contributed by atoms with E-state index in [2.05, 4.69) is 18.2 Å². The number of rotatable bonds is 5. The first-order valence-electron chi connectivity index (χ1n) is 8.29. The van der Waals surface area contributed by atoms with E-state index in [0.717, 1.165) is 6.42 Å². The van der Waals surface area contributed by atoms with Gasteiger partial charge in [-0.3, -0.25) is 9.59 Å². The van der Waals surface area contributed by atoms with E-state index in [9.17, 15) is 9.59 Å². The molecule has 0 atom stereocenters. The van der Waals surface area contributed by atoms with Gasteiger partial charge in [-0.05, 0) is 35.8 Å². The van der Waals surface area contributed by atoms with Gasteiger partial charge in [0.2, 0.25) is 0 Å². The molecule has 134 valence electrons. The highest BCUT2D eigenvalue weighted by molar-refractivity contribution is 6.31. The fourth-order valence-electron chi connectivity index (χ4n) is 2.86. The molecular formula is C20H19ClN2O3. The van der Waals surface area contributed by atoms with Crippen molar-refractivity contribution >= 4 is 29.0 Å². The number of nitrogens with two attached hydrogens (primary N) is 1. The van der Waals surface area contributed by atoms with E-state index >= 15 is 0 Å². The highest BCUT2D eigenvalue weighted by Crippen LogP contribution is 2.24. The maximum Gasteiger partial charge on any atom is 0.260 e. The van der Waals surface area contributed by atoms with Crippen LogP contribution in [0.5, 0.6) is 5.75 Å². The third-order valence-electron chi connectivity index (χ3n) is 4.26. The third-order valence-corrected chi connectivity index (χ3v) is 4.50. The Morgan fingerprint density at radius 3 is 2.58 bits per heavy atom. The van der Waals surface area contributed by atoms with E-state index in [1.807, 2.05) is 18.2 Å². The molecule has 1 heterocycles. The number of primary amides is 1. The zero-order valence-electron chi connectivity index (χ0n) is 14.2. The van der Waals surface area contributed by atoms with Crippen LogP contribution in [-0.2, 0) is 4.79 Å². The molecule has 0 unspecified atom stereocenters. The molecule has 5 nitrogen and oxygen atoms in total. The molecule has 26 heavy (non-hydrogen) atoms. The molecule has 2 N–H and O–H groups in total. The summed E-state index contributed by atoms with van der Waals surface area (Å²) in [4.78, 5) is 25.6. The molecule has 2 amide bonds. The average molecular weight is 371 g/mol. The third kappa shape index (κ3) is 4.24. The maximum atomic E-state index is 12.4. The van der Waals surface area contributed by atoms with Gasteiger partial charge in [0.25, 0.3) is 11.8 Å². The molecule has 3 rings (SSSR count). The lowest BCUT2D eigenvalue weighted by Crippen LogP contribution is -2.38. The summed E-state index contributed by atoms with van der Waals surface area (Å²) in [5.41, 5.74) is 7.91. The van der Waals surface area contributed by atoms with Crippen LogP contribution in [0.2, 0.25) is 5.02 Å². The summed E-state index contributed by atoms with van der Waals surface area (Å²) in [6.07, 6.45) is 2.86.